The lowest BCUT2D eigenvalue weighted by atomic mass is 10.1. The highest BCUT2D eigenvalue weighted by molar-refractivity contribution is 7.14. The van der Waals surface area contributed by atoms with Crippen LogP contribution in [0.25, 0.3) is 15.7 Å². The van der Waals surface area contributed by atoms with E-state index in [0.29, 0.717) is 16.5 Å². The number of nitrogens with zero attached hydrogens (tertiary/aromatic N) is 5. The second kappa shape index (κ2) is 5.78. The average molecular weight is 354 g/mol. The molecule has 0 saturated carbocycles. The van der Waals surface area contributed by atoms with Crippen molar-refractivity contribution < 1.29 is 4.79 Å². The van der Waals surface area contributed by atoms with Crippen LogP contribution >= 0.6 is 11.3 Å². The Kier molecular flexibility index (Phi) is 3.57. The number of amides is 1. The molecule has 4 aromatic rings. The number of benzene rings is 1. The van der Waals surface area contributed by atoms with Gasteiger partial charge in [0, 0.05) is 12.4 Å². The maximum absolute atomic E-state index is 12.7. The summed E-state index contributed by atoms with van der Waals surface area (Å²) in [6.45, 7) is 1.84. The molecule has 25 heavy (non-hydrogen) atoms. The van der Waals surface area contributed by atoms with Crippen molar-refractivity contribution in [1.29, 1.82) is 0 Å². The molecule has 9 heteroatoms. The summed E-state index contributed by atoms with van der Waals surface area (Å²) < 4.78 is 2.85. The van der Waals surface area contributed by atoms with E-state index in [1.807, 2.05) is 6.92 Å². The van der Waals surface area contributed by atoms with Gasteiger partial charge in [-0.05, 0) is 13.0 Å². The second-order valence-corrected chi connectivity index (χ2v) is 6.46. The fourth-order valence-electron chi connectivity index (χ4n) is 2.67. The Hall–Kier alpha value is -3.07. The minimum absolute atomic E-state index is 0.212. The first-order chi connectivity index (χ1) is 12.0. The van der Waals surface area contributed by atoms with Gasteiger partial charge in [-0.15, -0.1) is 0 Å². The molecule has 3 heterocycles. The summed E-state index contributed by atoms with van der Waals surface area (Å²) in [6, 6.07) is 6.63. The van der Waals surface area contributed by atoms with E-state index in [0.717, 1.165) is 4.96 Å². The third-order valence-electron chi connectivity index (χ3n) is 3.97. The van der Waals surface area contributed by atoms with Crippen molar-refractivity contribution in [1.82, 2.24) is 29.7 Å². The zero-order chi connectivity index (χ0) is 17.6. The highest BCUT2D eigenvalue weighted by Crippen LogP contribution is 2.17. The first-order valence-electron chi connectivity index (χ1n) is 7.60. The molecule has 0 saturated heterocycles. The quantitative estimate of drug-likeness (QED) is 0.602. The van der Waals surface area contributed by atoms with E-state index in [4.69, 9.17) is 0 Å². The van der Waals surface area contributed by atoms with E-state index in [1.54, 1.807) is 40.5 Å². The molecule has 126 valence electrons. The molecule has 8 nitrogen and oxygen atoms in total. The van der Waals surface area contributed by atoms with E-state index in [2.05, 4.69) is 20.5 Å². The average Bonchev–Trinajstić information content (AvgIpc) is 3.20. The third-order valence-corrected chi connectivity index (χ3v) is 4.66. The zero-order valence-electron chi connectivity index (χ0n) is 13.5. The third kappa shape index (κ3) is 2.58. The number of aryl methyl sites for hydroxylation is 1. The molecule has 3 aromatic heterocycles. The predicted octanol–water partition coefficient (Wildman–Crippen LogP) is 1.53. The van der Waals surface area contributed by atoms with Gasteiger partial charge in [-0.1, -0.05) is 29.5 Å². The van der Waals surface area contributed by atoms with Crippen LogP contribution in [0.15, 0.2) is 40.8 Å². The molecular formula is C16H14N6O2S. The van der Waals surface area contributed by atoms with Crippen molar-refractivity contribution in [2.45, 2.75) is 13.0 Å². The van der Waals surface area contributed by atoms with Gasteiger partial charge in [-0.3, -0.25) is 9.59 Å². The van der Waals surface area contributed by atoms with Crippen molar-refractivity contribution in [3.05, 3.63) is 57.7 Å². The Bertz CT molecular complexity index is 1130. The van der Waals surface area contributed by atoms with E-state index in [-0.39, 0.29) is 23.2 Å². The molecule has 0 aliphatic carbocycles. The van der Waals surface area contributed by atoms with Crippen LogP contribution in [0.1, 0.15) is 29.1 Å². The van der Waals surface area contributed by atoms with Gasteiger partial charge >= 0.3 is 0 Å². The summed E-state index contributed by atoms with van der Waals surface area (Å²) in [5.74, 6) is -0.358. The topological polar surface area (TPSA) is 94.2 Å². The first kappa shape index (κ1) is 15.5. The normalized spacial score (nSPS) is 12.6. The summed E-state index contributed by atoms with van der Waals surface area (Å²) in [4.78, 5) is 30.1. The summed E-state index contributed by atoms with van der Waals surface area (Å²) in [7, 11) is 1.53. The second-order valence-electron chi connectivity index (χ2n) is 5.65. The molecule has 1 aromatic carbocycles. The fourth-order valence-corrected chi connectivity index (χ4v) is 3.28. The van der Waals surface area contributed by atoms with E-state index < -0.39 is 0 Å². The lowest BCUT2D eigenvalue weighted by Crippen LogP contribution is -2.31. The Morgan fingerprint density at radius 3 is 2.80 bits per heavy atom. The van der Waals surface area contributed by atoms with Gasteiger partial charge in [-0.2, -0.15) is 10.2 Å². The van der Waals surface area contributed by atoms with Gasteiger partial charge in [0.2, 0.25) is 4.96 Å². The van der Waals surface area contributed by atoms with Crippen molar-refractivity contribution in [2.75, 3.05) is 0 Å². The Balaban J connectivity index is 1.69. The molecule has 0 aliphatic rings. The highest BCUT2D eigenvalue weighted by atomic mass is 32.1. The number of carbonyl (C=O) groups is 1. The summed E-state index contributed by atoms with van der Waals surface area (Å²) in [5.41, 5.74) is 2.39. The Morgan fingerprint density at radius 1 is 1.28 bits per heavy atom. The van der Waals surface area contributed by atoms with Gasteiger partial charge in [0.1, 0.15) is 5.51 Å². The predicted molar refractivity (Wildman–Crippen MR) is 93.7 cm³/mol. The molecule has 0 fully saturated rings. The number of imidazole rings is 1. The van der Waals surface area contributed by atoms with Gasteiger partial charge in [0.05, 0.1) is 23.3 Å². The van der Waals surface area contributed by atoms with E-state index in [1.165, 1.54) is 23.1 Å². The van der Waals surface area contributed by atoms with Gasteiger partial charge in [0.25, 0.3) is 11.5 Å². The van der Waals surface area contributed by atoms with Crippen molar-refractivity contribution in [3.63, 3.8) is 0 Å². The molecule has 4 rings (SSSR count). The van der Waals surface area contributed by atoms with Crippen molar-refractivity contribution in [3.8, 4) is 0 Å². The van der Waals surface area contributed by atoms with Crippen LogP contribution in [0.2, 0.25) is 0 Å². The summed E-state index contributed by atoms with van der Waals surface area (Å²) in [5, 5.41) is 12.1. The van der Waals surface area contributed by atoms with Crippen molar-refractivity contribution in [2.24, 2.45) is 7.05 Å². The monoisotopic (exact) mass is 354 g/mol. The number of hydrogen-bond donors (Lipinski definition) is 1. The summed E-state index contributed by atoms with van der Waals surface area (Å²) in [6.07, 6.45) is 1.78. The van der Waals surface area contributed by atoms with Crippen LogP contribution < -0.4 is 10.9 Å². The molecule has 1 amide bonds. The van der Waals surface area contributed by atoms with Crippen LogP contribution in [0.5, 0.6) is 0 Å². The van der Waals surface area contributed by atoms with Crippen LogP contribution in [-0.2, 0) is 7.05 Å². The molecular weight excluding hydrogens is 340 g/mol. The molecule has 0 radical (unpaired) electrons. The molecule has 0 aliphatic heterocycles. The van der Waals surface area contributed by atoms with Crippen LogP contribution in [0.4, 0.5) is 0 Å². The van der Waals surface area contributed by atoms with Crippen LogP contribution in [0.3, 0.4) is 0 Å². The standard InChI is InChI=1S/C16H14N6O2S/c1-9(12-7-22-16(19-12)25-8-17-22)18-14(23)13-10-5-3-4-6-11(10)15(24)21(2)20-13/h3-9H,1-2H3,(H,18,23)/t9-/m0/s1. The number of rotatable bonds is 3. The number of fused-ring (bicyclic) bond motifs is 2. The molecule has 0 spiro atoms. The maximum Gasteiger partial charge on any atom is 0.274 e. The fraction of sp³-hybridized carbons (Fsp3) is 0.188. The van der Waals surface area contributed by atoms with Gasteiger partial charge in [0.15, 0.2) is 5.69 Å². The number of carbonyl (C=O) groups excluding carboxylic acids is 1. The number of aromatic nitrogens is 5. The summed E-state index contributed by atoms with van der Waals surface area (Å²) >= 11 is 1.42. The minimum Gasteiger partial charge on any atom is -0.342 e. The largest absolute Gasteiger partial charge is 0.342 e. The van der Waals surface area contributed by atoms with Crippen LogP contribution in [-0.4, -0.2) is 30.3 Å². The first-order valence-corrected chi connectivity index (χ1v) is 8.48. The zero-order valence-corrected chi connectivity index (χ0v) is 14.3. The Labute approximate surface area is 145 Å². The number of hydrogen-bond acceptors (Lipinski definition) is 6. The molecule has 1 N–H and O–H groups in total. The molecule has 0 unspecified atom stereocenters. The van der Waals surface area contributed by atoms with Gasteiger partial charge < -0.3 is 5.32 Å². The van der Waals surface area contributed by atoms with E-state index >= 15 is 0 Å². The van der Waals surface area contributed by atoms with Crippen LogP contribution in [0, 0.1) is 0 Å². The maximum atomic E-state index is 12.7. The molecule has 0 bridgehead atoms. The lowest BCUT2D eigenvalue weighted by Gasteiger charge is -2.13. The highest BCUT2D eigenvalue weighted by Gasteiger charge is 2.19. The Morgan fingerprint density at radius 2 is 2.04 bits per heavy atom. The molecule has 1 atom stereocenters. The van der Waals surface area contributed by atoms with E-state index in [9.17, 15) is 9.59 Å². The SMILES string of the molecule is C[C@H](NC(=O)c1nn(C)c(=O)c2ccccc12)c1cn2ncsc2n1. The lowest BCUT2D eigenvalue weighted by molar-refractivity contribution is 0.0934. The van der Waals surface area contributed by atoms with Crippen molar-refractivity contribution >= 4 is 33.0 Å². The van der Waals surface area contributed by atoms with Gasteiger partial charge in [-0.25, -0.2) is 14.2 Å². The smallest absolute Gasteiger partial charge is 0.274 e. The number of nitrogens with one attached hydrogen (secondary N) is 1. The minimum atomic E-state index is -0.358.